The van der Waals surface area contributed by atoms with Gasteiger partial charge in [-0.3, -0.25) is 0 Å². The maximum atomic E-state index is 14.1. The van der Waals surface area contributed by atoms with Crippen molar-refractivity contribution in [3.63, 3.8) is 0 Å². The van der Waals surface area contributed by atoms with E-state index in [2.05, 4.69) is 55.0 Å². The summed E-state index contributed by atoms with van der Waals surface area (Å²) in [6, 6.07) is 8.60. The van der Waals surface area contributed by atoms with Gasteiger partial charge in [0.05, 0.1) is 19.0 Å². The third-order valence-electron chi connectivity index (χ3n) is 7.27. The monoisotopic (exact) mass is 498 g/mol. The maximum absolute atomic E-state index is 14.1. The topological polar surface area (TPSA) is 35.0 Å². The predicted octanol–water partition coefficient (Wildman–Crippen LogP) is 9.93. The van der Waals surface area contributed by atoms with Crippen molar-refractivity contribution < 1.29 is 9.13 Å². The molecule has 0 aliphatic carbocycles. The molecule has 2 rings (SSSR count). The standard InChI is InChI=1S/C32H51FN2O/c1-4-6-7-8-9-10-11-12-13-14-17-28-19-21-29(22-20-28)32-34-25-31(26-35-32)36-24-23-30(33)18-15-16-27(3)5-2/h19-22,25-27,30H,4-18,23-24H2,1-3H3. The van der Waals surface area contributed by atoms with Gasteiger partial charge in [-0.25, -0.2) is 14.4 Å². The molecule has 0 saturated heterocycles. The van der Waals surface area contributed by atoms with E-state index in [-0.39, 0.29) is 0 Å². The van der Waals surface area contributed by atoms with Crippen LogP contribution in [0.1, 0.15) is 123 Å². The number of alkyl halides is 1. The molecule has 1 aromatic heterocycles. The minimum atomic E-state index is -0.798. The van der Waals surface area contributed by atoms with Crippen LogP contribution in [0.15, 0.2) is 36.7 Å². The van der Waals surface area contributed by atoms with Gasteiger partial charge in [-0.1, -0.05) is 122 Å². The van der Waals surface area contributed by atoms with Crippen molar-refractivity contribution in [1.82, 2.24) is 9.97 Å². The summed E-state index contributed by atoms with van der Waals surface area (Å²) in [4.78, 5) is 8.90. The highest BCUT2D eigenvalue weighted by Gasteiger charge is 2.09. The van der Waals surface area contributed by atoms with Crippen molar-refractivity contribution in [3.8, 4) is 17.1 Å². The first-order valence-electron chi connectivity index (χ1n) is 14.8. The van der Waals surface area contributed by atoms with E-state index >= 15 is 0 Å². The molecule has 0 saturated carbocycles. The van der Waals surface area contributed by atoms with Crippen molar-refractivity contribution in [3.05, 3.63) is 42.2 Å². The fraction of sp³-hybridized carbons (Fsp3) is 0.688. The number of ether oxygens (including phenoxy) is 1. The summed E-state index contributed by atoms with van der Waals surface area (Å²) in [5.41, 5.74) is 2.39. The summed E-state index contributed by atoms with van der Waals surface area (Å²) in [6.45, 7) is 7.06. The molecule has 0 fully saturated rings. The maximum Gasteiger partial charge on any atom is 0.159 e. The number of hydrogen-bond acceptors (Lipinski definition) is 3. The van der Waals surface area contributed by atoms with Gasteiger partial charge in [0, 0.05) is 12.0 Å². The second-order valence-corrected chi connectivity index (χ2v) is 10.6. The number of aryl methyl sites for hydroxylation is 1. The zero-order chi connectivity index (χ0) is 25.8. The minimum Gasteiger partial charge on any atom is -0.490 e. The Bertz CT molecular complexity index is 778. The van der Waals surface area contributed by atoms with E-state index in [1.165, 1.54) is 76.2 Å². The van der Waals surface area contributed by atoms with Gasteiger partial charge in [-0.15, -0.1) is 0 Å². The molecular weight excluding hydrogens is 447 g/mol. The zero-order valence-corrected chi connectivity index (χ0v) is 23.3. The second-order valence-electron chi connectivity index (χ2n) is 10.6. The lowest BCUT2D eigenvalue weighted by atomic mass is 10.00. The summed E-state index contributed by atoms with van der Waals surface area (Å²) in [5, 5.41) is 0. The molecule has 0 amide bonds. The van der Waals surface area contributed by atoms with Gasteiger partial charge in [0.2, 0.25) is 0 Å². The molecule has 1 heterocycles. The average molecular weight is 499 g/mol. The Morgan fingerprint density at radius 3 is 1.97 bits per heavy atom. The van der Waals surface area contributed by atoms with Crippen molar-refractivity contribution in [1.29, 1.82) is 0 Å². The molecule has 0 aliphatic heterocycles. The number of hydrogen-bond donors (Lipinski definition) is 0. The number of aromatic nitrogens is 2. The SMILES string of the molecule is CCCCCCCCCCCCc1ccc(-c2ncc(OCCC(F)CCCC(C)CC)cn2)cc1. The van der Waals surface area contributed by atoms with E-state index in [4.69, 9.17) is 4.74 Å². The first kappa shape index (κ1) is 30.3. The lowest BCUT2D eigenvalue weighted by Crippen LogP contribution is -2.08. The highest BCUT2D eigenvalue weighted by Crippen LogP contribution is 2.20. The Morgan fingerprint density at radius 2 is 1.36 bits per heavy atom. The molecule has 0 N–H and O–H groups in total. The molecule has 2 unspecified atom stereocenters. The number of unbranched alkanes of at least 4 members (excludes halogenated alkanes) is 9. The smallest absolute Gasteiger partial charge is 0.159 e. The van der Waals surface area contributed by atoms with Crippen LogP contribution in [0.2, 0.25) is 0 Å². The number of nitrogens with zero attached hydrogens (tertiary/aromatic N) is 2. The first-order chi connectivity index (χ1) is 17.6. The molecule has 0 spiro atoms. The fourth-order valence-electron chi connectivity index (χ4n) is 4.52. The van der Waals surface area contributed by atoms with Gasteiger partial charge < -0.3 is 4.74 Å². The van der Waals surface area contributed by atoms with Gasteiger partial charge in [0.1, 0.15) is 6.17 Å². The quantitative estimate of drug-likeness (QED) is 0.161. The van der Waals surface area contributed by atoms with Gasteiger partial charge >= 0.3 is 0 Å². The van der Waals surface area contributed by atoms with Crippen LogP contribution in [0, 0.1) is 5.92 Å². The normalized spacial score (nSPS) is 13.0. The van der Waals surface area contributed by atoms with Gasteiger partial charge in [0.15, 0.2) is 11.6 Å². The molecule has 3 nitrogen and oxygen atoms in total. The van der Waals surface area contributed by atoms with Gasteiger partial charge in [-0.2, -0.15) is 0 Å². The molecule has 36 heavy (non-hydrogen) atoms. The van der Waals surface area contributed by atoms with Crippen LogP contribution in [0.5, 0.6) is 5.75 Å². The van der Waals surface area contributed by atoms with Crippen molar-refractivity contribution in [2.45, 2.75) is 130 Å². The highest BCUT2D eigenvalue weighted by atomic mass is 19.1. The second kappa shape index (κ2) is 19.2. The minimum absolute atomic E-state index is 0.362. The Hall–Kier alpha value is -1.97. The lowest BCUT2D eigenvalue weighted by molar-refractivity contribution is 0.219. The Balaban J connectivity index is 1.60. The number of benzene rings is 1. The van der Waals surface area contributed by atoms with Crippen LogP contribution in [0.25, 0.3) is 11.4 Å². The van der Waals surface area contributed by atoms with Crippen molar-refractivity contribution in [2.75, 3.05) is 6.61 Å². The zero-order valence-electron chi connectivity index (χ0n) is 23.3. The van der Waals surface area contributed by atoms with E-state index in [0.717, 1.165) is 24.8 Å². The fourth-order valence-corrected chi connectivity index (χ4v) is 4.52. The van der Waals surface area contributed by atoms with Gasteiger partial charge in [0.25, 0.3) is 0 Å². The van der Waals surface area contributed by atoms with Crippen molar-refractivity contribution >= 4 is 0 Å². The lowest BCUT2D eigenvalue weighted by Gasteiger charge is -2.11. The summed E-state index contributed by atoms with van der Waals surface area (Å²) in [7, 11) is 0. The largest absolute Gasteiger partial charge is 0.490 e. The molecule has 0 bridgehead atoms. The Kier molecular flexibility index (Phi) is 16.1. The summed E-state index contributed by atoms with van der Waals surface area (Å²) in [5.74, 6) is 1.98. The predicted molar refractivity (Wildman–Crippen MR) is 151 cm³/mol. The summed E-state index contributed by atoms with van der Waals surface area (Å²) in [6.07, 6.45) is 21.7. The summed E-state index contributed by atoms with van der Waals surface area (Å²) < 4.78 is 19.7. The molecule has 202 valence electrons. The molecule has 2 aromatic rings. The first-order valence-corrected chi connectivity index (χ1v) is 14.8. The van der Waals surface area contributed by atoms with E-state index in [1.807, 2.05) is 0 Å². The highest BCUT2D eigenvalue weighted by molar-refractivity contribution is 5.55. The van der Waals surface area contributed by atoms with E-state index < -0.39 is 6.17 Å². The van der Waals surface area contributed by atoms with E-state index in [1.54, 1.807) is 12.4 Å². The number of halogens is 1. The Morgan fingerprint density at radius 1 is 0.750 bits per heavy atom. The molecule has 0 aliphatic rings. The van der Waals surface area contributed by atoms with Crippen LogP contribution in [-0.4, -0.2) is 22.7 Å². The number of rotatable bonds is 21. The van der Waals surface area contributed by atoms with Crippen LogP contribution in [-0.2, 0) is 6.42 Å². The molecule has 0 radical (unpaired) electrons. The van der Waals surface area contributed by atoms with Gasteiger partial charge in [-0.05, 0) is 30.7 Å². The molecule has 4 heteroatoms. The average Bonchev–Trinajstić information content (AvgIpc) is 2.90. The van der Waals surface area contributed by atoms with E-state index in [0.29, 0.717) is 36.9 Å². The molecule has 2 atom stereocenters. The third-order valence-corrected chi connectivity index (χ3v) is 7.27. The van der Waals surface area contributed by atoms with Crippen LogP contribution >= 0.6 is 0 Å². The molecule has 1 aromatic carbocycles. The Labute approximate surface area is 220 Å². The summed E-state index contributed by atoms with van der Waals surface area (Å²) >= 11 is 0. The van der Waals surface area contributed by atoms with E-state index in [9.17, 15) is 4.39 Å². The van der Waals surface area contributed by atoms with Crippen molar-refractivity contribution in [2.24, 2.45) is 5.92 Å². The third kappa shape index (κ3) is 13.4. The van der Waals surface area contributed by atoms with Crippen LogP contribution < -0.4 is 4.74 Å². The molecular formula is C32H51FN2O. The van der Waals surface area contributed by atoms with Crippen LogP contribution in [0.3, 0.4) is 0 Å². The van der Waals surface area contributed by atoms with Crippen LogP contribution in [0.4, 0.5) is 4.39 Å².